The Balaban J connectivity index is 3.91. The van der Waals surface area contributed by atoms with Gasteiger partial charge in [0.1, 0.15) is 6.61 Å². The zero-order valence-electron chi connectivity index (χ0n) is 8.47. The maximum atomic E-state index is 11.6. The van der Waals surface area contributed by atoms with Crippen molar-refractivity contribution in [2.24, 2.45) is 0 Å². The fraction of sp³-hybridized carbons (Fsp3) is 0.500. The second-order valence-electron chi connectivity index (χ2n) is 2.72. The van der Waals surface area contributed by atoms with Crippen LogP contribution in [0.5, 0.6) is 0 Å². The molecule has 0 aliphatic rings. The van der Waals surface area contributed by atoms with Crippen LogP contribution in [0, 0.1) is 0 Å². The fourth-order valence-corrected chi connectivity index (χ4v) is 0.551. The van der Waals surface area contributed by atoms with Gasteiger partial charge in [-0.05, 0) is 6.08 Å². The second kappa shape index (κ2) is 6.26. The van der Waals surface area contributed by atoms with Crippen LogP contribution in [0.15, 0.2) is 12.2 Å². The van der Waals surface area contributed by atoms with E-state index in [4.69, 9.17) is 0 Å². The summed E-state index contributed by atoms with van der Waals surface area (Å²) in [7, 11) is 0. The van der Waals surface area contributed by atoms with E-state index < -0.39 is 37.5 Å². The first-order valence-electron chi connectivity index (χ1n) is 4.16. The summed E-state index contributed by atoms with van der Waals surface area (Å²) >= 11 is 0. The number of halogens is 6. The Hall–Kier alpha value is -1.74. The van der Waals surface area contributed by atoms with Gasteiger partial charge < -0.3 is 9.47 Å². The summed E-state index contributed by atoms with van der Waals surface area (Å²) < 4.78 is 76.6. The zero-order chi connectivity index (χ0) is 14.4. The first-order valence-corrected chi connectivity index (χ1v) is 4.16. The Morgan fingerprint density at radius 1 is 1.00 bits per heavy atom. The van der Waals surface area contributed by atoms with Crippen LogP contribution in [0.2, 0.25) is 0 Å². The zero-order valence-corrected chi connectivity index (χ0v) is 8.47. The first-order chi connectivity index (χ1) is 8.02. The van der Waals surface area contributed by atoms with Gasteiger partial charge in [0.05, 0.1) is 0 Å². The van der Waals surface area contributed by atoms with Gasteiger partial charge >= 0.3 is 24.3 Å². The van der Waals surface area contributed by atoms with Crippen molar-refractivity contribution in [3.63, 3.8) is 0 Å². The average Bonchev–Trinajstić information content (AvgIpc) is 2.18. The van der Waals surface area contributed by atoms with E-state index in [0.717, 1.165) is 0 Å². The molecule has 0 heterocycles. The Kier molecular flexibility index (Phi) is 5.66. The second-order valence-corrected chi connectivity index (χ2v) is 2.72. The molecule has 0 aromatic carbocycles. The lowest BCUT2D eigenvalue weighted by Crippen LogP contribution is -2.25. The topological polar surface area (TPSA) is 52.6 Å². The summed E-state index contributed by atoms with van der Waals surface area (Å²) in [6, 6.07) is 0. The third kappa shape index (κ3) is 8.42. The molecule has 0 aliphatic heterocycles. The molecule has 10 heteroatoms. The van der Waals surface area contributed by atoms with E-state index in [1.807, 2.05) is 0 Å². The largest absolute Gasteiger partial charge is 0.490 e. The lowest BCUT2D eigenvalue weighted by Gasteiger charge is -2.05. The number of carbonyl (C=O) groups is 2. The number of ether oxygens (including phenoxy) is 2. The maximum absolute atomic E-state index is 11.6. The van der Waals surface area contributed by atoms with Crippen molar-refractivity contribution < 1.29 is 45.4 Å². The van der Waals surface area contributed by atoms with Crippen molar-refractivity contribution >= 4 is 11.9 Å². The average molecular weight is 280 g/mol. The number of rotatable bonds is 4. The molecule has 0 spiro atoms. The molecular formula is C8H6F6O4. The van der Waals surface area contributed by atoms with E-state index >= 15 is 0 Å². The minimum absolute atomic E-state index is 0.412. The first kappa shape index (κ1) is 16.3. The Morgan fingerprint density at radius 3 is 2.00 bits per heavy atom. The van der Waals surface area contributed by atoms with Crippen LogP contribution in [0.4, 0.5) is 26.3 Å². The molecule has 4 nitrogen and oxygen atoms in total. The van der Waals surface area contributed by atoms with Crippen LogP contribution in [-0.2, 0) is 19.1 Å². The van der Waals surface area contributed by atoms with Crippen LogP contribution >= 0.6 is 0 Å². The number of hydrogen-bond acceptors (Lipinski definition) is 4. The van der Waals surface area contributed by atoms with Crippen LogP contribution in [0.25, 0.3) is 0 Å². The van der Waals surface area contributed by atoms with Crippen LogP contribution in [-0.4, -0.2) is 37.5 Å². The highest BCUT2D eigenvalue weighted by molar-refractivity contribution is 5.82. The van der Waals surface area contributed by atoms with Crippen LogP contribution in [0.3, 0.4) is 0 Å². The molecule has 104 valence electrons. The predicted octanol–water partition coefficient (Wildman–Crippen LogP) is 1.75. The van der Waals surface area contributed by atoms with Crippen molar-refractivity contribution in [2.45, 2.75) is 12.4 Å². The van der Waals surface area contributed by atoms with Crippen LogP contribution < -0.4 is 0 Å². The Bertz CT molecular complexity index is 329. The summed E-state index contributed by atoms with van der Waals surface area (Å²) in [5.41, 5.74) is 0. The van der Waals surface area contributed by atoms with Crippen LogP contribution in [0.1, 0.15) is 0 Å². The molecule has 0 saturated heterocycles. The lowest BCUT2D eigenvalue weighted by atomic mass is 10.5. The van der Waals surface area contributed by atoms with Gasteiger partial charge in [-0.15, -0.1) is 0 Å². The lowest BCUT2D eigenvalue weighted by molar-refractivity contribution is -0.198. The maximum Gasteiger partial charge on any atom is 0.490 e. The third-order valence-electron chi connectivity index (χ3n) is 1.17. The molecule has 0 aliphatic carbocycles. The minimum atomic E-state index is -5.18. The highest BCUT2D eigenvalue weighted by Crippen LogP contribution is 2.16. The highest BCUT2D eigenvalue weighted by Gasteiger charge is 2.40. The molecule has 0 unspecified atom stereocenters. The third-order valence-corrected chi connectivity index (χ3v) is 1.17. The Morgan fingerprint density at radius 2 is 1.56 bits per heavy atom. The molecule has 0 amide bonds. The van der Waals surface area contributed by atoms with Crippen molar-refractivity contribution in [1.82, 2.24) is 0 Å². The number of carbonyl (C=O) groups excluding carboxylic acids is 2. The summed E-state index contributed by atoms with van der Waals surface area (Å²) in [6.07, 6.45) is -8.85. The van der Waals surface area contributed by atoms with E-state index in [2.05, 4.69) is 9.47 Å². The molecular weight excluding hydrogens is 274 g/mol. The standard InChI is InChI=1S/C8H6F6O4/c9-7(10,11)4-18-5(15)2-1-3-17-6(16)8(12,13)14/h1-2H,3-4H2/b2-1-. The quantitative estimate of drug-likeness (QED) is 0.447. The molecule has 0 saturated carbocycles. The van der Waals surface area contributed by atoms with Gasteiger partial charge in [-0.2, -0.15) is 26.3 Å². The smallest absolute Gasteiger partial charge is 0.455 e. The van der Waals surface area contributed by atoms with Crippen molar-refractivity contribution in [3.8, 4) is 0 Å². The van der Waals surface area contributed by atoms with E-state index in [1.54, 1.807) is 0 Å². The summed E-state index contributed by atoms with van der Waals surface area (Å²) in [4.78, 5) is 20.7. The van der Waals surface area contributed by atoms with Crippen molar-refractivity contribution in [1.29, 1.82) is 0 Å². The van der Waals surface area contributed by atoms with E-state index in [9.17, 15) is 35.9 Å². The monoisotopic (exact) mass is 280 g/mol. The summed E-state index contributed by atoms with van der Waals surface area (Å²) in [5.74, 6) is -3.90. The fourth-order valence-electron chi connectivity index (χ4n) is 0.551. The van der Waals surface area contributed by atoms with E-state index in [-0.39, 0.29) is 0 Å². The SMILES string of the molecule is O=C(/C=C\COC(=O)C(F)(F)F)OCC(F)(F)F. The molecule has 0 aromatic rings. The molecule has 0 radical (unpaired) electrons. The molecule has 0 rings (SSSR count). The van der Waals surface area contributed by atoms with Gasteiger partial charge in [-0.1, -0.05) is 0 Å². The molecule has 0 N–H and O–H groups in total. The van der Waals surface area contributed by atoms with Gasteiger partial charge in [-0.25, -0.2) is 9.59 Å². The van der Waals surface area contributed by atoms with Gasteiger partial charge in [-0.3, -0.25) is 0 Å². The Labute approximate surface area is 96.1 Å². The normalized spacial score (nSPS) is 12.6. The van der Waals surface area contributed by atoms with Gasteiger partial charge in [0, 0.05) is 6.08 Å². The highest BCUT2D eigenvalue weighted by atomic mass is 19.4. The van der Waals surface area contributed by atoms with Gasteiger partial charge in [0.2, 0.25) is 0 Å². The van der Waals surface area contributed by atoms with Gasteiger partial charge in [0.15, 0.2) is 6.61 Å². The minimum Gasteiger partial charge on any atom is -0.455 e. The predicted molar refractivity (Wildman–Crippen MR) is 43.2 cm³/mol. The summed E-state index contributed by atoms with van der Waals surface area (Å²) in [6.45, 7) is -2.74. The molecule has 0 aromatic heterocycles. The molecule has 0 atom stereocenters. The number of esters is 2. The molecule has 0 fully saturated rings. The molecule has 0 bridgehead atoms. The molecule has 18 heavy (non-hydrogen) atoms. The number of alkyl halides is 6. The van der Waals surface area contributed by atoms with E-state index in [0.29, 0.717) is 12.2 Å². The van der Waals surface area contributed by atoms with Crippen molar-refractivity contribution in [3.05, 3.63) is 12.2 Å². The van der Waals surface area contributed by atoms with E-state index in [1.165, 1.54) is 0 Å². The summed E-state index contributed by atoms with van der Waals surface area (Å²) in [5, 5.41) is 0. The number of hydrogen-bond donors (Lipinski definition) is 0. The van der Waals surface area contributed by atoms with Crippen molar-refractivity contribution in [2.75, 3.05) is 13.2 Å². The van der Waals surface area contributed by atoms with Gasteiger partial charge in [0.25, 0.3) is 0 Å².